The first kappa shape index (κ1) is 36.9. The second kappa shape index (κ2) is 16.1. The molecule has 1 aliphatic heterocycles. The Hall–Kier alpha value is -5.38. The lowest BCUT2D eigenvalue weighted by molar-refractivity contribution is -0.274. The van der Waals surface area contributed by atoms with Crippen molar-refractivity contribution in [3.05, 3.63) is 89.7 Å². The highest BCUT2D eigenvalue weighted by Gasteiger charge is 2.33. The van der Waals surface area contributed by atoms with Gasteiger partial charge >= 0.3 is 18.5 Å². The Morgan fingerprint density at radius 3 is 2.47 bits per heavy atom. The number of amidine groups is 1. The molecule has 0 aliphatic carbocycles. The van der Waals surface area contributed by atoms with Crippen LogP contribution in [0.3, 0.4) is 0 Å². The number of alkyl halides is 3. The maximum absolute atomic E-state index is 13.3. The van der Waals surface area contributed by atoms with E-state index in [2.05, 4.69) is 32.1 Å². The quantitative estimate of drug-likeness (QED) is 0.166. The molecule has 12 nitrogen and oxygen atoms in total. The molecular formula is C35H36F3N7O5S. The fourth-order valence-electron chi connectivity index (χ4n) is 5.38. The third kappa shape index (κ3) is 9.45. The fourth-order valence-corrected chi connectivity index (χ4v) is 6.24. The van der Waals surface area contributed by atoms with Crippen LogP contribution in [0.5, 0.6) is 5.75 Å². The number of hydrogen-bond donors (Lipinski definition) is 1. The molecule has 16 heteroatoms. The molecule has 1 aliphatic rings. The predicted molar refractivity (Wildman–Crippen MR) is 187 cm³/mol. The lowest BCUT2D eigenvalue weighted by atomic mass is 10.0. The standard InChI is InChI=1S/C35H36F3N7O5S/c1-5-6-24-11-7-22(2)19-28(24)45-30(46)20-51-33(45)41-32(47)40-29(43(3)34(48)49-4)18-10-23-8-12-25(13-9-23)31-39-21-44(42-31)26-14-16-27(17-15-26)50-35(36,37)38/h7-9,11-17,19,21,29H,5-6,10,18,20H2,1-4H3,(H,40,47). The van der Waals surface area contributed by atoms with Crippen LogP contribution in [-0.2, 0) is 22.4 Å². The summed E-state index contributed by atoms with van der Waals surface area (Å²) in [6.45, 7) is 3.99. The molecule has 1 aromatic heterocycles. The van der Waals surface area contributed by atoms with Gasteiger partial charge in [-0.05, 0) is 73.2 Å². The van der Waals surface area contributed by atoms with Crippen molar-refractivity contribution in [1.82, 2.24) is 25.0 Å². The monoisotopic (exact) mass is 723 g/mol. The maximum atomic E-state index is 13.3. The van der Waals surface area contributed by atoms with E-state index in [9.17, 15) is 27.6 Å². The average Bonchev–Trinajstić information content (AvgIpc) is 3.73. The van der Waals surface area contributed by atoms with Crippen molar-refractivity contribution in [2.75, 3.05) is 24.8 Å². The van der Waals surface area contributed by atoms with E-state index < -0.39 is 24.7 Å². The van der Waals surface area contributed by atoms with E-state index in [1.807, 2.05) is 49.4 Å². The van der Waals surface area contributed by atoms with Crippen LogP contribution in [0.2, 0.25) is 0 Å². The van der Waals surface area contributed by atoms with Crippen molar-refractivity contribution < 1.29 is 37.0 Å². The fraction of sp³-hybridized carbons (Fsp3) is 0.314. The van der Waals surface area contributed by atoms with Gasteiger partial charge in [-0.25, -0.2) is 19.3 Å². The number of nitrogens with zero attached hydrogens (tertiary/aromatic N) is 6. The van der Waals surface area contributed by atoms with E-state index in [0.29, 0.717) is 35.6 Å². The van der Waals surface area contributed by atoms with Crippen LogP contribution in [0.4, 0.5) is 28.4 Å². The number of rotatable bonds is 11. The summed E-state index contributed by atoms with van der Waals surface area (Å²) in [5, 5.41) is 7.49. The molecule has 5 rings (SSSR count). The van der Waals surface area contributed by atoms with E-state index in [1.54, 1.807) is 0 Å². The van der Waals surface area contributed by atoms with Gasteiger partial charge in [-0.15, -0.1) is 18.3 Å². The summed E-state index contributed by atoms with van der Waals surface area (Å²) in [4.78, 5) is 50.0. The Morgan fingerprint density at radius 2 is 1.80 bits per heavy atom. The molecule has 1 unspecified atom stereocenters. The van der Waals surface area contributed by atoms with Crippen LogP contribution in [0.15, 0.2) is 78.0 Å². The average molecular weight is 724 g/mol. The lowest BCUT2D eigenvalue weighted by Crippen LogP contribution is -2.48. The van der Waals surface area contributed by atoms with Gasteiger partial charge in [0.15, 0.2) is 11.0 Å². The van der Waals surface area contributed by atoms with Gasteiger partial charge in [0, 0.05) is 12.6 Å². The van der Waals surface area contributed by atoms with Gasteiger partial charge in [-0.3, -0.25) is 14.6 Å². The molecule has 0 saturated carbocycles. The number of benzene rings is 3. The van der Waals surface area contributed by atoms with E-state index in [1.165, 1.54) is 71.0 Å². The van der Waals surface area contributed by atoms with Gasteiger partial charge in [0.1, 0.15) is 18.2 Å². The highest BCUT2D eigenvalue weighted by molar-refractivity contribution is 8.15. The number of nitrogens with one attached hydrogen (secondary N) is 1. The van der Waals surface area contributed by atoms with E-state index in [4.69, 9.17) is 4.74 Å². The normalized spacial score (nSPS) is 14.5. The molecule has 1 saturated heterocycles. The zero-order valence-corrected chi connectivity index (χ0v) is 29.1. The minimum absolute atomic E-state index is 0.150. The number of amides is 4. The number of aliphatic imine (C=N–C) groups is 1. The molecule has 2 heterocycles. The Bertz CT molecular complexity index is 1900. The molecule has 268 valence electrons. The number of carbonyl (C=O) groups excluding carboxylic acids is 3. The van der Waals surface area contributed by atoms with E-state index >= 15 is 0 Å². The van der Waals surface area contributed by atoms with Crippen molar-refractivity contribution in [2.24, 2.45) is 4.99 Å². The Labute approximate surface area is 296 Å². The Balaban J connectivity index is 1.26. The number of urea groups is 1. The number of ether oxygens (including phenoxy) is 2. The highest BCUT2D eigenvalue weighted by Crippen LogP contribution is 2.31. The first-order valence-electron chi connectivity index (χ1n) is 16.0. The van der Waals surface area contributed by atoms with Gasteiger partial charge in [0.05, 0.1) is 24.2 Å². The van der Waals surface area contributed by atoms with Gasteiger partial charge in [-0.1, -0.05) is 61.5 Å². The molecule has 51 heavy (non-hydrogen) atoms. The second-order valence-electron chi connectivity index (χ2n) is 11.6. The molecule has 1 fully saturated rings. The van der Waals surface area contributed by atoms with Crippen molar-refractivity contribution in [3.63, 3.8) is 0 Å². The third-order valence-corrected chi connectivity index (χ3v) is 8.85. The summed E-state index contributed by atoms with van der Waals surface area (Å²) in [5.41, 5.74) is 4.76. The molecule has 1 N–H and O–H groups in total. The van der Waals surface area contributed by atoms with Crippen LogP contribution in [0, 0.1) is 6.92 Å². The molecular weight excluding hydrogens is 687 g/mol. The van der Waals surface area contributed by atoms with Crippen molar-refractivity contribution >= 4 is 40.6 Å². The molecule has 0 spiro atoms. The van der Waals surface area contributed by atoms with Gasteiger partial charge in [0.25, 0.3) is 0 Å². The van der Waals surface area contributed by atoms with Crippen LogP contribution in [0.25, 0.3) is 17.1 Å². The Morgan fingerprint density at radius 1 is 1.08 bits per heavy atom. The summed E-state index contributed by atoms with van der Waals surface area (Å²) in [5.74, 6) is 0.0370. The molecule has 1 atom stereocenters. The second-order valence-corrected chi connectivity index (χ2v) is 12.6. The number of aromatic nitrogens is 3. The number of carbonyl (C=O) groups is 3. The van der Waals surface area contributed by atoms with E-state index in [0.717, 1.165) is 29.5 Å². The molecule has 3 aromatic carbocycles. The molecule has 4 aromatic rings. The lowest BCUT2D eigenvalue weighted by Gasteiger charge is -2.27. The largest absolute Gasteiger partial charge is 0.573 e. The zero-order chi connectivity index (χ0) is 36.7. The van der Waals surface area contributed by atoms with E-state index in [-0.39, 0.29) is 22.6 Å². The summed E-state index contributed by atoms with van der Waals surface area (Å²) in [7, 11) is 2.76. The van der Waals surface area contributed by atoms with Crippen molar-refractivity contribution in [2.45, 2.75) is 52.1 Å². The van der Waals surface area contributed by atoms with Crippen LogP contribution >= 0.6 is 11.8 Å². The summed E-state index contributed by atoms with van der Waals surface area (Å²) < 4.78 is 47.7. The first-order valence-corrected chi connectivity index (χ1v) is 17.0. The summed E-state index contributed by atoms with van der Waals surface area (Å²) in [6, 6.07) is 17.8. The third-order valence-electron chi connectivity index (χ3n) is 7.93. The Kier molecular flexibility index (Phi) is 11.6. The number of aryl methyl sites for hydroxylation is 3. The topological polar surface area (TPSA) is 131 Å². The summed E-state index contributed by atoms with van der Waals surface area (Å²) in [6.07, 6.45) is -2.35. The van der Waals surface area contributed by atoms with Crippen LogP contribution < -0.4 is 15.0 Å². The maximum Gasteiger partial charge on any atom is 0.573 e. The zero-order valence-electron chi connectivity index (χ0n) is 28.3. The SMILES string of the molecule is CCCc1ccc(C)cc1N1C(=O)CSC1=NC(=O)NC(CCc1ccc(-c2ncn(-c3ccc(OC(F)(F)F)cc3)n2)cc1)N(C)C(=O)OC. The minimum atomic E-state index is -4.78. The minimum Gasteiger partial charge on any atom is -0.453 e. The number of methoxy groups -OCH3 is 1. The molecule has 4 amide bonds. The highest BCUT2D eigenvalue weighted by atomic mass is 32.2. The number of halogens is 3. The molecule has 0 radical (unpaired) electrons. The number of anilines is 1. The number of thioether (sulfide) groups is 1. The van der Waals surface area contributed by atoms with Crippen LogP contribution in [0.1, 0.15) is 36.5 Å². The summed E-state index contributed by atoms with van der Waals surface area (Å²) >= 11 is 1.18. The number of hydrogen-bond acceptors (Lipinski definition) is 8. The van der Waals surface area contributed by atoms with Gasteiger partial charge < -0.3 is 14.8 Å². The van der Waals surface area contributed by atoms with Gasteiger partial charge in [0.2, 0.25) is 5.91 Å². The van der Waals surface area contributed by atoms with Crippen LogP contribution in [-0.4, -0.2) is 75.3 Å². The smallest absolute Gasteiger partial charge is 0.453 e. The van der Waals surface area contributed by atoms with Crippen molar-refractivity contribution in [3.8, 4) is 22.8 Å². The first-order chi connectivity index (χ1) is 24.3. The van der Waals surface area contributed by atoms with Gasteiger partial charge in [-0.2, -0.15) is 4.99 Å². The van der Waals surface area contributed by atoms with Crippen molar-refractivity contribution in [1.29, 1.82) is 0 Å². The molecule has 0 bridgehead atoms. The predicted octanol–water partition coefficient (Wildman–Crippen LogP) is 6.90.